The van der Waals surface area contributed by atoms with Gasteiger partial charge in [-0.25, -0.2) is 4.98 Å². The lowest BCUT2D eigenvalue weighted by Gasteiger charge is -2.29. The zero-order valence-corrected chi connectivity index (χ0v) is 18.0. The highest BCUT2D eigenvalue weighted by atomic mass is 16.7. The third-order valence-corrected chi connectivity index (χ3v) is 5.61. The lowest BCUT2D eigenvalue weighted by Crippen LogP contribution is -2.33. The number of carbonyl (C=O) groups excluding carboxylic acids is 1. The first-order chi connectivity index (χ1) is 16.2. The number of nitrogens with zero attached hydrogens (tertiary/aromatic N) is 2. The Hall–Kier alpha value is -3.74. The van der Waals surface area contributed by atoms with Crippen LogP contribution in [0.2, 0.25) is 0 Å². The van der Waals surface area contributed by atoms with E-state index in [9.17, 15) is 4.79 Å². The van der Waals surface area contributed by atoms with Crippen LogP contribution in [0.3, 0.4) is 0 Å². The summed E-state index contributed by atoms with van der Waals surface area (Å²) in [5.41, 5.74) is 3.13. The Bertz CT molecular complexity index is 1180. The third kappa shape index (κ3) is 4.87. The number of aromatic nitrogens is 2. The summed E-state index contributed by atoms with van der Waals surface area (Å²) in [5, 5.41) is 0. The van der Waals surface area contributed by atoms with Crippen LogP contribution >= 0.6 is 0 Å². The highest BCUT2D eigenvalue weighted by Crippen LogP contribution is 2.38. The minimum absolute atomic E-state index is 0.0999. The van der Waals surface area contributed by atoms with Crippen LogP contribution in [0, 0.1) is 0 Å². The van der Waals surface area contributed by atoms with Crippen LogP contribution in [-0.2, 0) is 26.6 Å². The predicted molar refractivity (Wildman–Crippen MR) is 123 cm³/mol. The van der Waals surface area contributed by atoms with Crippen molar-refractivity contribution in [2.75, 3.05) is 6.61 Å². The maximum Gasteiger partial charge on any atom is 0.313 e. The van der Waals surface area contributed by atoms with Crippen LogP contribution in [0.15, 0.2) is 104 Å². The fourth-order valence-electron chi connectivity index (χ4n) is 4.01. The average molecular weight is 440 g/mol. The van der Waals surface area contributed by atoms with Gasteiger partial charge < -0.3 is 18.8 Å². The molecule has 33 heavy (non-hydrogen) atoms. The smallest absolute Gasteiger partial charge is 0.313 e. The van der Waals surface area contributed by atoms with Gasteiger partial charge in [-0.3, -0.25) is 4.79 Å². The summed E-state index contributed by atoms with van der Waals surface area (Å²) in [5.74, 6) is -0.858. The molecule has 6 heteroatoms. The molecule has 2 heterocycles. The van der Waals surface area contributed by atoms with Gasteiger partial charge >= 0.3 is 5.97 Å². The van der Waals surface area contributed by atoms with E-state index in [-0.39, 0.29) is 12.4 Å². The molecule has 1 fully saturated rings. The molecule has 0 bridgehead atoms. The van der Waals surface area contributed by atoms with Crippen molar-refractivity contribution >= 4 is 5.97 Å². The van der Waals surface area contributed by atoms with Crippen molar-refractivity contribution in [3.63, 3.8) is 0 Å². The van der Waals surface area contributed by atoms with Gasteiger partial charge in [-0.2, -0.15) is 0 Å². The summed E-state index contributed by atoms with van der Waals surface area (Å²) in [7, 11) is 0. The molecular formula is C27H24N2O4. The lowest BCUT2D eigenvalue weighted by molar-refractivity contribution is -0.188. The first kappa shape index (κ1) is 21.1. The van der Waals surface area contributed by atoms with Crippen molar-refractivity contribution in [1.82, 2.24) is 9.55 Å². The Labute approximate surface area is 192 Å². The molecule has 0 aliphatic carbocycles. The molecule has 6 nitrogen and oxygen atoms in total. The summed E-state index contributed by atoms with van der Waals surface area (Å²) >= 11 is 0. The molecule has 2 atom stereocenters. The second kappa shape index (κ2) is 9.40. The SMILES string of the molecule is O=C(C[C@H]1CO[C@](Cn2ccnc2)(c2ccc(-c3ccccc3)cc2)O1)Oc1ccccc1. The van der Waals surface area contributed by atoms with Crippen LogP contribution in [-0.4, -0.2) is 28.2 Å². The molecule has 1 aromatic heterocycles. The average Bonchev–Trinajstić information content (AvgIpc) is 3.51. The summed E-state index contributed by atoms with van der Waals surface area (Å²) < 4.78 is 20.0. The van der Waals surface area contributed by atoms with Gasteiger partial charge in [0.2, 0.25) is 5.79 Å². The van der Waals surface area contributed by atoms with E-state index < -0.39 is 11.9 Å². The quantitative estimate of drug-likeness (QED) is 0.305. The molecule has 0 amide bonds. The summed E-state index contributed by atoms with van der Waals surface area (Å²) in [6, 6.07) is 27.4. The Balaban J connectivity index is 1.34. The fraction of sp³-hybridized carbons (Fsp3) is 0.185. The number of benzene rings is 3. The van der Waals surface area contributed by atoms with E-state index in [0.29, 0.717) is 18.9 Å². The minimum Gasteiger partial charge on any atom is -0.426 e. The monoisotopic (exact) mass is 440 g/mol. The molecule has 0 saturated carbocycles. The van der Waals surface area contributed by atoms with Gasteiger partial charge in [-0.15, -0.1) is 0 Å². The van der Waals surface area contributed by atoms with Gasteiger partial charge in [0, 0.05) is 18.0 Å². The molecule has 0 N–H and O–H groups in total. The van der Waals surface area contributed by atoms with E-state index >= 15 is 0 Å². The van der Waals surface area contributed by atoms with Crippen LogP contribution in [0.1, 0.15) is 12.0 Å². The van der Waals surface area contributed by atoms with Crippen LogP contribution < -0.4 is 4.74 Å². The minimum atomic E-state index is -1.02. The van der Waals surface area contributed by atoms with E-state index in [4.69, 9.17) is 14.2 Å². The van der Waals surface area contributed by atoms with Crippen molar-refractivity contribution in [3.05, 3.63) is 109 Å². The molecular weight excluding hydrogens is 416 g/mol. The normalized spacial score (nSPS) is 19.9. The molecule has 4 aromatic rings. The highest BCUT2D eigenvalue weighted by Gasteiger charge is 2.44. The second-order valence-corrected chi connectivity index (χ2v) is 7.97. The zero-order chi connectivity index (χ0) is 22.5. The maximum atomic E-state index is 12.5. The van der Waals surface area contributed by atoms with Crippen molar-refractivity contribution in [2.24, 2.45) is 0 Å². The van der Waals surface area contributed by atoms with Crippen molar-refractivity contribution in [1.29, 1.82) is 0 Å². The molecule has 166 valence electrons. The van der Waals surface area contributed by atoms with Gasteiger partial charge in [0.15, 0.2) is 0 Å². The Kier molecular flexibility index (Phi) is 6.02. The van der Waals surface area contributed by atoms with Crippen LogP contribution in [0.4, 0.5) is 0 Å². The molecule has 3 aromatic carbocycles. The standard InChI is InChI=1S/C27H24N2O4/c30-26(32-24-9-5-2-6-10-24)17-25-18-31-27(33-25,19-29-16-15-28-20-29)23-13-11-22(12-14-23)21-7-3-1-4-8-21/h1-16,20,25H,17-19H2/t25-,27-/m0/s1. The van der Waals surface area contributed by atoms with E-state index in [1.165, 1.54) is 0 Å². The molecule has 0 spiro atoms. The number of esters is 1. The van der Waals surface area contributed by atoms with Crippen LogP contribution in [0.25, 0.3) is 11.1 Å². The Morgan fingerprint density at radius 1 is 0.970 bits per heavy atom. The lowest BCUT2D eigenvalue weighted by atomic mass is 10.00. The number of para-hydroxylation sites is 1. The number of carbonyl (C=O) groups is 1. The third-order valence-electron chi connectivity index (χ3n) is 5.61. The number of ether oxygens (including phenoxy) is 3. The molecule has 5 rings (SSSR count). The largest absolute Gasteiger partial charge is 0.426 e. The highest BCUT2D eigenvalue weighted by molar-refractivity contribution is 5.73. The molecule has 0 unspecified atom stereocenters. The molecule has 1 aliphatic rings. The molecule has 1 saturated heterocycles. The van der Waals surface area contributed by atoms with Gasteiger partial charge in [0.25, 0.3) is 0 Å². The van der Waals surface area contributed by atoms with Crippen molar-refractivity contribution in [3.8, 4) is 16.9 Å². The van der Waals surface area contributed by atoms with Gasteiger partial charge in [-0.05, 0) is 23.3 Å². The summed E-state index contributed by atoms with van der Waals surface area (Å²) in [6.45, 7) is 0.709. The number of rotatable bonds is 7. The second-order valence-electron chi connectivity index (χ2n) is 7.97. The van der Waals surface area contributed by atoms with Gasteiger partial charge in [0.1, 0.15) is 5.75 Å². The summed E-state index contributed by atoms with van der Waals surface area (Å²) in [4.78, 5) is 16.6. The number of imidazole rings is 1. The van der Waals surface area contributed by atoms with Crippen molar-refractivity contribution in [2.45, 2.75) is 24.9 Å². The van der Waals surface area contributed by atoms with E-state index in [1.54, 1.807) is 24.7 Å². The predicted octanol–water partition coefficient (Wildman–Crippen LogP) is 4.81. The topological polar surface area (TPSA) is 62.6 Å². The van der Waals surface area contributed by atoms with Gasteiger partial charge in [0.05, 0.1) is 32.0 Å². The fourth-order valence-corrected chi connectivity index (χ4v) is 4.01. The van der Waals surface area contributed by atoms with E-state index in [2.05, 4.69) is 29.2 Å². The Morgan fingerprint density at radius 3 is 2.36 bits per heavy atom. The van der Waals surface area contributed by atoms with Crippen molar-refractivity contribution < 1.29 is 19.0 Å². The number of hydrogen-bond donors (Lipinski definition) is 0. The van der Waals surface area contributed by atoms with E-state index in [1.807, 2.05) is 59.3 Å². The van der Waals surface area contributed by atoms with Gasteiger partial charge in [-0.1, -0.05) is 72.8 Å². The Morgan fingerprint density at radius 2 is 1.67 bits per heavy atom. The first-order valence-electron chi connectivity index (χ1n) is 10.9. The van der Waals surface area contributed by atoms with Crippen LogP contribution in [0.5, 0.6) is 5.75 Å². The molecule has 0 radical (unpaired) electrons. The molecule has 1 aliphatic heterocycles. The maximum absolute atomic E-state index is 12.5. The zero-order valence-electron chi connectivity index (χ0n) is 18.0. The summed E-state index contributed by atoms with van der Waals surface area (Å²) in [6.07, 6.45) is 4.99. The number of hydrogen-bond acceptors (Lipinski definition) is 5. The first-order valence-corrected chi connectivity index (χ1v) is 10.9. The van der Waals surface area contributed by atoms with E-state index in [0.717, 1.165) is 16.7 Å².